The standard InChI is InChI=1S/C17H15BrClN3O3S/c1-10-2-4-11(5-3-10)16(24)20-17(26)22-21-15(23)9-25-14-7-6-12(18)8-13(14)19/h2-8H,9H2,1H3,(H,21,23)(H2,20,22,24,26). The molecule has 9 heteroatoms. The number of halogens is 2. The summed E-state index contributed by atoms with van der Waals surface area (Å²) in [4.78, 5) is 23.8. The zero-order chi connectivity index (χ0) is 19.1. The van der Waals surface area contributed by atoms with E-state index in [1.165, 1.54) is 0 Å². The van der Waals surface area contributed by atoms with E-state index < -0.39 is 5.91 Å². The first kappa shape index (κ1) is 20.2. The molecule has 2 rings (SSSR count). The highest BCUT2D eigenvalue weighted by molar-refractivity contribution is 9.10. The van der Waals surface area contributed by atoms with Crippen LogP contribution in [0, 0.1) is 6.92 Å². The fourth-order valence-corrected chi connectivity index (χ4v) is 2.68. The Morgan fingerprint density at radius 1 is 1.15 bits per heavy atom. The Morgan fingerprint density at radius 3 is 2.50 bits per heavy atom. The van der Waals surface area contributed by atoms with Crippen molar-refractivity contribution in [3.63, 3.8) is 0 Å². The normalized spacial score (nSPS) is 9.96. The number of hydrogen-bond donors (Lipinski definition) is 3. The fourth-order valence-electron chi connectivity index (χ4n) is 1.81. The van der Waals surface area contributed by atoms with Crippen molar-refractivity contribution in [1.29, 1.82) is 0 Å². The van der Waals surface area contributed by atoms with Gasteiger partial charge in [0, 0.05) is 10.0 Å². The van der Waals surface area contributed by atoms with Gasteiger partial charge in [0.15, 0.2) is 11.7 Å². The van der Waals surface area contributed by atoms with Crippen LogP contribution in [0.2, 0.25) is 5.02 Å². The molecule has 0 bridgehead atoms. The molecule has 3 N–H and O–H groups in total. The number of carbonyl (C=O) groups excluding carboxylic acids is 2. The first-order chi connectivity index (χ1) is 12.3. The molecule has 0 aliphatic rings. The lowest BCUT2D eigenvalue weighted by Gasteiger charge is -2.12. The van der Waals surface area contributed by atoms with Crippen LogP contribution in [0.1, 0.15) is 15.9 Å². The highest BCUT2D eigenvalue weighted by Crippen LogP contribution is 2.27. The van der Waals surface area contributed by atoms with Crippen LogP contribution in [0.5, 0.6) is 5.75 Å². The number of hydrazine groups is 1. The molecule has 2 aromatic carbocycles. The highest BCUT2D eigenvalue weighted by atomic mass is 79.9. The molecule has 0 radical (unpaired) electrons. The number of nitrogens with one attached hydrogen (secondary N) is 3. The number of amides is 2. The number of thiocarbonyl (C=S) groups is 1. The van der Waals surface area contributed by atoms with Gasteiger partial charge >= 0.3 is 0 Å². The molecule has 0 aliphatic carbocycles. The highest BCUT2D eigenvalue weighted by Gasteiger charge is 2.09. The Morgan fingerprint density at radius 2 is 1.85 bits per heavy atom. The summed E-state index contributed by atoms with van der Waals surface area (Å²) in [6, 6.07) is 12.0. The van der Waals surface area contributed by atoms with E-state index in [0.29, 0.717) is 16.3 Å². The molecule has 2 amide bonds. The summed E-state index contributed by atoms with van der Waals surface area (Å²) in [7, 11) is 0. The number of rotatable bonds is 4. The van der Waals surface area contributed by atoms with Crippen LogP contribution < -0.4 is 20.9 Å². The third-order valence-electron chi connectivity index (χ3n) is 3.11. The van der Waals surface area contributed by atoms with Gasteiger partial charge in [0.25, 0.3) is 11.8 Å². The minimum absolute atomic E-state index is 0.0365. The monoisotopic (exact) mass is 455 g/mol. The average Bonchev–Trinajstić information content (AvgIpc) is 2.59. The molecule has 2 aromatic rings. The average molecular weight is 457 g/mol. The molecule has 6 nitrogen and oxygen atoms in total. The first-order valence-electron chi connectivity index (χ1n) is 7.40. The molecule has 0 spiro atoms. The lowest BCUT2D eigenvalue weighted by atomic mass is 10.1. The summed E-state index contributed by atoms with van der Waals surface area (Å²) < 4.78 is 6.11. The van der Waals surface area contributed by atoms with Crippen molar-refractivity contribution in [3.05, 3.63) is 63.1 Å². The number of hydrogen-bond acceptors (Lipinski definition) is 4. The molecule has 0 unspecified atom stereocenters. The summed E-state index contributed by atoms with van der Waals surface area (Å²) in [6.07, 6.45) is 0. The molecule has 26 heavy (non-hydrogen) atoms. The number of ether oxygens (including phenoxy) is 1. The van der Waals surface area contributed by atoms with E-state index in [0.717, 1.165) is 10.0 Å². The van der Waals surface area contributed by atoms with Gasteiger partial charge < -0.3 is 4.74 Å². The number of carbonyl (C=O) groups is 2. The van der Waals surface area contributed by atoms with Gasteiger partial charge in [0.1, 0.15) is 5.75 Å². The Kier molecular flexibility index (Phi) is 7.38. The first-order valence-corrected chi connectivity index (χ1v) is 8.98. The van der Waals surface area contributed by atoms with Crippen molar-refractivity contribution < 1.29 is 14.3 Å². The topological polar surface area (TPSA) is 79.5 Å². The third-order valence-corrected chi connectivity index (χ3v) is 4.10. The second-order valence-electron chi connectivity index (χ2n) is 5.19. The van der Waals surface area contributed by atoms with Crippen molar-refractivity contribution in [2.24, 2.45) is 0 Å². The van der Waals surface area contributed by atoms with Crippen molar-refractivity contribution in [3.8, 4) is 5.75 Å². The molecule has 0 fully saturated rings. The van der Waals surface area contributed by atoms with Crippen LogP contribution in [0.3, 0.4) is 0 Å². The molecule has 0 saturated carbocycles. The Balaban J connectivity index is 1.75. The minimum Gasteiger partial charge on any atom is -0.482 e. The van der Waals surface area contributed by atoms with E-state index in [2.05, 4.69) is 32.1 Å². The van der Waals surface area contributed by atoms with Gasteiger partial charge in [0.2, 0.25) is 0 Å². The van der Waals surface area contributed by atoms with Crippen molar-refractivity contribution in [1.82, 2.24) is 16.2 Å². The van der Waals surface area contributed by atoms with Crippen LogP contribution >= 0.6 is 39.7 Å². The summed E-state index contributed by atoms with van der Waals surface area (Å²) in [5, 5.41) is 2.80. The number of benzene rings is 2. The Bertz CT molecular complexity index is 831. The van der Waals surface area contributed by atoms with Gasteiger partial charge in [-0.3, -0.25) is 25.8 Å². The molecule has 0 atom stereocenters. The van der Waals surface area contributed by atoms with Gasteiger partial charge in [-0.25, -0.2) is 0 Å². The van der Waals surface area contributed by atoms with Crippen LogP contribution in [-0.4, -0.2) is 23.5 Å². The summed E-state index contributed by atoms with van der Waals surface area (Å²) in [6.45, 7) is 1.65. The lowest BCUT2D eigenvalue weighted by Crippen LogP contribution is -2.49. The van der Waals surface area contributed by atoms with E-state index in [1.54, 1.807) is 30.3 Å². The Hall–Kier alpha value is -2.16. The van der Waals surface area contributed by atoms with E-state index in [4.69, 9.17) is 28.6 Å². The summed E-state index contributed by atoms with van der Waals surface area (Å²) >= 11 is 14.2. The van der Waals surface area contributed by atoms with Gasteiger partial charge in [0.05, 0.1) is 5.02 Å². The van der Waals surface area contributed by atoms with Gasteiger partial charge in [-0.05, 0) is 49.5 Å². The zero-order valence-corrected chi connectivity index (χ0v) is 16.8. The van der Waals surface area contributed by atoms with E-state index in [1.807, 2.05) is 19.1 Å². The maximum atomic E-state index is 12.0. The quantitative estimate of drug-likeness (QED) is 0.487. The summed E-state index contributed by atoms with van der Waals surface area (Å²) in [5.74, 6) is -0.495. The van der Waals surface area contributed by atoms with Crippen LogP contribution in [0.4, 0.5) is 0 Å². The predicted octanol–water partition coefficient (Wildman–Crippen LogP) is 3.13. The molecule has 0 saturated heterocycles. The maximum Gasteiger partial charge on any atom is 0.276 e. The van der Waals surface area contributed by atoms with Gasteiger partial charge in [-0.2, -0.15) is 0 Å². The smallest absolute Gasteiger partial charge is 0.276 e. The van der Waals surface area contributed by atoms with Gasteiger partial charge in [-0.15, -0.1) is 0 Å². The van der Waals surface area contributed by atoms with E-state index >= 15 is 0 Å². The van der Waals surface area contributed by atoms with E-state index in [-0.39, 0.29) is 17.6 Å². The van der Waals surface area contributed by atoms with Gasteiger partial charge in [-0.1, -0.05) is 45.2 Å². The second kappa shape index (κ2) is 9.51. The van der Waals surface area contributed by atoms with E-state index in [9.17, 15) is 9.59 Å². The number of aryl methyl sites for hydroxylation is 1. The minimum atomic E-state index is -0.490. The van der Waals surface area contributed by atoms with Crippen LogP contribution in [0.25, 0.3) is 0 Å². The molecule has 0 aromatic heterocycles. The maximum absolute atomic E-state index is 12.0. The molecule has 136 valence electrons. The largest absolute Gasteiger partial charge is 0.482 e. The Labute approximate surface area is 169 Å². The van der Waals surface area contributed by atoms with Crippen LogP contribution in [-0.2, 0) is 4.79 Å². The predicted molar refractivity (Wildman–Crippen MR) is 107 cm³/mol. The molecular formula is C17H15BrClN3O3S. The summed E-state index contributed by atoms with van der Waals surface area (Å²) in [5.41, 5.74) is 6.26. The molecule has 0 heterocycles. The lowest BCUT2D eigenvalue weighted by molar-refractivity contribution is -0.123. The van der Waals surface area contributed by atoms with Crippen molar-refractivity contribution in [2.75, 3.05) is 6.61 Å². The molecular weight excluding hydrogens is 442 g/mol. The zero-order valence-electron chi connectivity index (χ0n) is 13.6. The van der Waals surface area contributed by atoms with Crippen molar-refractivity contribution >= 4 is 56.7 Å². The third kappa shape index (κ3) is 6.29. The fraction of sp³-hybridized carbons (Fsp3) is 0.118. The molecule has 0 aliphatic heterocycles. The SMILES string of the molecule is Cc1ccc(C(=O)NC(=S)NNC(=O)COc2ccc(Br)cc2Cl)cc1. The second-order valence-corrected chi connectivity index (χ2v) is 6.92. The van der Waals surface area contributed by atoms with Crippen molar-refractivity contribution in [2.45, 2.75) is 6.92 Å². The van der Waals surface area contributed by atoms with Crippen LogP contribution in [0.15, 0.2) is 46.9 Å².